The van der Waals surface area contributed by atoms with E-state index in [1.165, 1.54) is 10.8 Å². The minimum Gasteiger partial charge on any atom is -0.291 e. The maximum absolute atomic E-state index is 11.9. The predicted octanol–water partition coefficient (Wildman–Crippen LogP) is 0.666. The molecular weight excluding hydrogens is 194 g/mol. The van der Waals surface area contributed by atoms with Gasteiger partial charge in [-0.25, -0.2) is 9.78 Å². The summed E-state index contributed by atoms with van der Waals surface area (Å²) in [4.78, 5) is 30.0. The zero-order valence-electron chi connectivity index (χ0n) is 8.52. The molecule has 0 amide bonds. The van der Waals surface area contributed by atoms with Gasteiger partial charge in [-0.1, -0.05) is 0 Å². The molecule has 78 valence electrons. The summed E-state index contributed by atoms with van der Waals surface area (Å²) in [5, 5.41) is 0.436. The molecule has 5 nitrogen and oxygen atoms in total. The van der Waals surface area contributed by atoms with Crippen LogP contribution in [0.1, 0.15) is 19.9 Å². The van der Waals surface area contributed by atoms with Crippen LogP contribution in [0.25, 0.3) is 11.0 Å². The molecular formula is C10H11N3O2. The fraction of sp³-hybridized carbons (Fsp3) is 0.300. The van der Waals surface area contributed by atoms with Crippen LogP contribution in [0.2, 0.25) is 0 Å². The molecule has 0 aliphatic rings. The zero-order valence-corrected chi connectivity index (χ0v) is 8.52. The summed E-state index contributed by atoms with van der Waals surface area (Å²) in [7, 11) is 0. The molecule has 0 aliphatic heterocycles. The van der Waals surface area contributed by atoms with Crippen LogP contribution in [0.4, 0.5) is 0 Å². The van der Waals surface area contributed by atoms with Crippen molar-refractivity contribution in [3.05, 3.63) is 39.2 Å². The highest BCUT2D eigenvalue weighted by Crippen LogP contribution is 2.01. The second-order valence-electron chi connectivity index (χ2n) is 3.60. The van der Waals surface area contributed by atoms with E-state index in [1.54, 1.807) is 26.0 Å². The minimum atomic E-state index is -0.416. The molecule has 15 heavy (non-hydrogen) atoms. The van der Waals surface area contributed by atoms with Gasteiger partial charge in [-0.15, -0.1) is 0 Å². The van der Waals surface area contributed by atoms with Crippen LogP contribution in [-0.2, 0) is 0 Å². The monoisotopic (exact) mass is 205 g/mol. The third-order valence-electron chi connectivity index (χ3n) is 2.22. The van der Waals surface area contributed by atoms with Crippen molar-refractivity contribution >= 4 is 11.0 Å². The zero-order chi connectivity index (χ0) is 11.0. The van der Waals surface area contributed by atoms with Crippen molar-refractivity contribution < 1.29 is 0 Å². The molecule has 2 rings (SSSR count). The number of rotatable bonds is 1. The normalized spacial score (nSPS) is 11.1. The fourth-order valence-corrected chi connectivity index (χ4v) is 1.53. The van der Waals surface area contributed by atoms with Gasteiger partial charge in [0, 0.05) is 12.2 Å². The summed E-state index contributed by atoms with van der Waals surface area (Å²) in [6.45, 7) is 3.58. The Morgan fingerprint density at radius 2 is 2.13 bits per heavy atom. The maximum atomic E-state index is 11.9. The van der Waals surface area contributed by atoms with Crippen LogP contribution < -0.4 is 11.2 Å². The van der Waals surface area contributed by atoms with Gasteiger partial charge in [0.2, 0.25) is 0 Å². The minimum absolute atomic E-state index is 0.161. The maximum Gasteiger partial charge on any atom is 0.330 e. The van der Waals surface area contributed by atoms with Crippen LogP contribution >= 0.6 is 0 Å². The van der Waals surface area contributed by atoms with E-state index in [2.05, 4.69) is 9.97 Å². The van der Waals surface area contributed by atoms with Gasteiger partial charge >= 0.3 is 5.69 Å². The molecule has 0 bridgehead atoms. The Hall–Kier alpha value is -1.91. The number of nitrogens with one attached hydrogen (secondary N) is 1. The highest BCUT2D eigenvalue weighted by molar-refractivity contribution is 5.72. The number of hydrogen-bond acceptors (Lipinski definition) is 3. The van der Waals surface area contributed by atoms with Crippen molar-refractivity contribution in [2.75, 3.05) is 0 Å². The smallest absolute Gasteiger partial charge is 0.291 e. The standard InChI is InChI=1S/C10H11N3O2/c1-6(2)13-9(14)7-4-3-5-11-8(7)12-10(13)15/h3-6H,1-2H3,(H,11,12,15). The first-order valence-corrected chi connectivity index (χ1v) is 4.71. The third kappa shape index (κ3) is 1.45. The molecule has 2 aromatic rings. The average molecular weight is 205 g/mol. The highest BCUT2D eigenvalue weighted by atomic mass is 16.2. The van der Waals surface area contributed by atoms with Crippen molar-refractivity contribution in [3.63, 3.8) is 0 Å². The Morgan fingerprint density at radius 3 is 2.80 bits per heavy atom. The molecule has 0 saturated heterocycles. The first-order valence-electron chi connectivity index (χ1n) is 4.71. The molecule has 0 unspecified atom stereocenters. The van der Waals surface area contributed by atoms with E-state index in [1.807, 2.05) is 0 Å². The lowest BCUT2D eigenvalue weighted by Crippen LogP contribution is -2.36. The van der Waals surface area contributed by atoms with E-state index < -0.39 is 5.69 Å². The van der Waals surface area contributed by atoms with Gasteiger partial charge in [-0.05, 0) is 26.0 Å². The SMILES string of the molecule is CC(C)n1c(=O)[nH]c2ncccc2c1=O. The highest BCUT2D eigenvalue weighted by Gasteiger charge is 2.09. The molecule has 2 aromatic heterocycles. The quantitative estimate of drug-likeness (QED) is 0.743. The van der Waals surface area contributed by atoms with E-state index in [0.717, 1.165) is 0 Å². The average Bonchev–Trinajstić information content (AvgIpc) is 2.17. The van der Waals surface area contributed by atoms with Crippen molar-refractivity contribution in [2.24, 2.45) is 0 Å². The molecule has 0 spiro atoms. The van der Waals surface area contributed by atoms with Crippen LogP contribution in [-0.4, -0.2) is 14.5 Å². The number of pyridine rings is 1. The van der Waals surface area contributed by atoms with Gasteiger partial charge < -0.3 is 0 Å². The molecule has 0 aliphatic carbocycles. The molecule has 2 heterocycles. The summed E-state index contributed by atoms with van der Waals surface area (Å²) < 4.78 is 1.18. The molecule has 0 fully saturated rings. The largest absolute Gasteiger partial charge is 0.330 e. The fourth-order valence-electron chi connectivity index (χ4n) is 1.53. The lowest BCUT2D eigenvalue weighted by Gasteiger charge is -2.08. The Morgan fingerprint density at radius 1 is 1.40 bits per heavy atom. The lowest BCUT2D eigenvalue weighted by atomic mass is 10.3. The van der Waals surface area contributed by atoms with E-state index in [-0.39, 0.29) is 11.6 Å². The van der Waals surface area contributed by atoms with Gasteiger partial charge in [-0.3, -0.25) is 14.3 Å². The first-order chi connectivity index (χ1) is 7.11. The number of nitrogens with zero attached hydrogens (tertiary/aromatic N) is 2. The van der Waals surface area contributed by atoms with Crippen molar-refractivity contribution in [2.45, 2.75) is 19.9 Å². The number of H-pyrrole nitrogens is 1. The van der Waals surface area contributed by atoms with Crippen molar-refractivity contribution in [3.8, 4) is 0 Å². The number of fused-ring (bicyclic) bond motifs is 1. The van der Waals surface area contributed by atoms with Gasteiger partial charge in [0.05, 0.1) is 5.39 Å². The van der Waals surface area contributed by atoms with Crippen LogP contribution in [0.15, 0.2) is 27.9 Å². The molecule has 0 aromatic carbocycles. The second-order valence-corrected chi connectivity index (χ2v) is 3.60. The van der Waals surface area contributed by atoms with E-state index in [0.29, 0.717) is 11.0 Å². The lowest BCUT2D eigenvalue weighted by molar-refractivity contribution is 0.551. The van der Waals surface area contributed by atoms with Gasteiger partial charge in [0.25, 0.3) is 5.56 Å². The van der Waals surface area contributed by atoms with Crippen molar-refractivity contribution in [1.29, 1.82) is 0 Å². The van der Waals surface area contributed by atoms with Crippen molar-refractivity contribution in [1.82, 2.24) is 14.5 Å². The number of hydrogen-bond donors (Lipinski definition) is 1. The van der Waals surface area contributed by atoms with Gasteiger partial charge in [0.15, 0.2) is 0 Å². The Kier molecular flexibility index (Phi) is 2.15. The van der Waals surface area contributed by atoms with E-state index in [9.17, 15) is 9.59 Å². The molecule has 0 atom stereocenters. The molecule has 1 N–H and O–H groups in total. The second kappa shape index (κ2) is 3.34. The Bertz CT molecular complexity index is 610. The Labute approximate surface area is 85.4 Å². The third-order valence-corrected chi connectivity index (χ3v) is 2.22. The Balaban J connectivity index is 2.97. The summed E-state index contributed by atoms with van der Waals surface area (Å²) in [6, 6.07) is 3.16. The van der Waals surface area contributed by atoms with Gasteiger partial charge in [-0.2, -0.15) is 0 Å². The summed E-state index contributed by atoms with van der Waals surface area (Å²) in [6.07, 6.45) is 1.54. The van der Waals surface area contributed by atoms with Crippen LogP contribution in [0.3, 0.4) is 0 Å². The topological polar surface area (TPSA) is 67.8 Å². The summed E-state index contributed by atoms with van der Waals surface area (Å²) in [5.41, 5.74) is -0.373. The van der Waals surface area contributed by atoms with Crippen LogP contribution in [0.5, 0.6) is 0 Å². The first kappa shape index (κ1) is 9.64. The summed E-state index contributed by atoms with van der Waals surface area (Å²) >= 11 is 0. The predicted molar refractivity (Wildman–Crippen MR) is 57.0 cm³/mol. The molecule has 5 heteroatoms. The molecule has 0 saturated carbocycles. The molecule has 0 radical (unpaired) electrons. The summed E-state index contributed by atoms with van der Waals surface area (Å²) in [5.74, 6) is 0. The van der Waals surface area contributed by atoms with E-state index >= 15 is 0 Å². The van der Waals surface area contributed by atoms with Crippen LogP contribution in [0, 0.1) is 0 Å². The van der Waals surface area contributed by atoms with E-state index in [4.69, 9.17) is 0 Å². The number of aromatic nitrogens is 3. The van der Waals surface area contributed by atoms with Gasteiger partial charge in [0.1, 0.15) is 5.65 Å². The number of aromatic amines is 1.